The van der Waals surface area contributed by atoms with Crippen LogP contribution in [-0.2, 0) is 0 Å². The second kappa shape index (κ2) is 4.26. The Balaban J connectivity index is 2.34. The zero-order valence-electron chi connectivity index (χ0n) is 10.1. The number of nitrogens with zero attached hydrogens (tertiary/aromatic N) is 1. The van der Waals surface area contributed by atoms with Crippen molar-refractivity contribution in [2.24, 2.45) is 0 Å². The number of hydrogen-bond acceptors (Lipinski definition) is 1. The predicted octanol–water partition coefficient (Wildman–Crippen LogP) is 3.72. The molecule has 0 fully saturated rings. The summed E-state index contributed by atoms with van der Waals surface area (Å²) in [6.45, 7) is 9.17. The molecular formula is C14H21N. The largest absolute Gasteiger partial charge is 0.371 e. The van der Waals surface area contributed by atoms with Gasteiger partial charge in [0.1, 0.15) is 0 Å². The zero-order chi connectivity index (χ0) is 10.8. The number of aryl methyl sites for hydroxylation is 1. The van der Waals surface area contributed by atoms with Crippen LogP contribution in [0, 0.1) is 6.92 Å². The number of benzene rings is 1. The number of hydrogen-bond donors (Lipinski definition) is 0. The van der Waals surface area contributed by atoms with Gasteiger partial charge in [-0.15, -0.1) is 0 Å². The molecule has 1 aromatic carbocycles. The van der Waals surface area contributed by atoms with Crippen LogP contribution >= 0.6 is 0 Å². The second-order valence-electron chi connectivity index (χ2n) is 4.61. The fourth-order valence-corrected chi connectivity index (χ4v) is 2.58. The van der Waals surface area contributed by atoms with Crippen LogP contribution in [0.5, 0.6) is 0 Å². The van der Waals surface area contributed by atoms with Crippen molar-refractivity contribution >= 4 is 5.69 Å². The van der Waals surface area contributed by atoms with Gasteiger partial charge in [0.2, 0.25) is 0 Å². The van der Waals surface area contributed by atoms with Gasteiger partial charge in [-0.25, -0.2) is 0 Å². The van der Waals surface area contributed by atoms with Crippen molar-refractivity contribution in [2.45, 2.75) is 39.5 Å². The summed E-state index contributed by atoms with van der Waals surface area (Å²) in [7, 11) is 0. The molecule has 0 aromatic heterocycles. The Labute approximate surface area is 93.1 Å². The van der Waals surface area contributed by atoms with Crippen molar-refractivity contribution in [3.8, 4) is 0 Å². The molecule has 1 unspecified atom stereocenters. The summed E-state index contributed by atoms with van der Waals surface area (Å²) in [5.41, 5.74) is 4.45. The highest BCUT2D eigenvalue weighted by atomic mass is 15.1. The molecule has 1 aliphatic heterocycles. The average molecular weight is 203 g/mol. The highest BCUT2D eigenvalue weighted by molar-refractivity contribution is 5.61. The van der Waals surface area contributed by atoms with E-state index in [1.165, 1.54) is 37.2 Å². The lowest BCUT2D eigenvalue weighted by Crippen LogP contribution is -2.22. The zero-order valence-corrected chi connectivity index (χ0v) is 10.1. The van der Waals surface area contributed by atoms with Crippen molar-refractivity contribution < 1.29 is 0 Å². The minimum Gasteiger partial charge on any atom is -0.371 e. The van der Waals surface area contributed by atoms with Crippen LogP contribution in [0.3, 0.4) is 0 Å². The highest BCUT2D eigenvalue weighted by Crippen LogP contribution is 2.38. The molecule has 0 saturated carbocycles. The molecule has 1 heterocycles. The van der Waals surface area contributed by atoms with Gasteiger partial charge in [-0.1, -0.05) is 31.5 Å². The quantitative estimate of drug-likeness (QED) is 0.723. The molecular weight excluding hydrogens is 182 g/mol. The van der Waals surface area contributed by atoms with Crippen LogP contribution in [0.15, 0.2) is 18.2 Å². The Hall–Kier alpha value is -0.980. The molecule has 0 radical (unpaired) electrons. The molecule has 2 rings (SSSR count). The molecule has 1 aromatic rings. The van der Waals surface area contributed by atoms with E-state index in [2.05, 4.69) is 43.9 Å². The lowest BCUT2D eigenvalue weighted by atomic mass is 9.97. The standard InChI is InChI=1S/C14H21N/c1-4-8-15-10-12(5-2)13-9-11(3)6-7-14(13)15/h6-7,9,12H,4-5,8,10H2,1-3H3. The Morgan fingerprint density at radius 3 is 2.80 bits per heavy atom. The van der Waals surface area contributed by atoms with Crippen LogP contribution in [0.2, 0.25) is 0 Å². The maximum atomic E-state index is 2.54. The maximum Gasteiger partial charge on any atom is 0.0402 e. The highest BCUT2D eigenvalue weighted by Gasteiger charge is 2.26. The van der Waals surface area contributed by atoms with Gasteiger partial charge in [0, 0.05) is 24.7 Å². The molecule has 1 nitrogen and oxygen atoms in total. The second-order valence-corrected chi connectivity index (χ2v) is 4.61. The molecule has 15 heavy (non-hydrogen) atoms. The van der Waals surface area contributed by atoms with Crippen molar-refractivity contribution in [1.29, 1.82) is 0 Å². The molecule has 1 aliphatic rings. The van der Waals surface area contributed by atoms with Gasteiger partial charge in [-0.2, -0.15) is 0 Å². The topological polar surface area (TPSA) is 3.24 Å². The number of anilines is 1. The fourth-order valence-electron chi connectivity index (χ4n) is 2.58. The fraction of sp³-hybridized carbons (Fsp3) is 0.571. The Morgan fingerprint density at radius 2 is 2.13 bits per heavy atom. The van der Waals surface area contributed by atoms with E-state index in [0.29, 0.717) is 0 Å². The van der Waals surface area contributed by atoms with Crippen LogP contribution in [0.25, 0.3) is 0 Å². The Kier molecular flexibility index (Phi) is 2.99. The van der Waals surface area contributed by atoms with E-state index < -0.39 is 0 Å². The van der Waals surface area contributed by atoms with E-state index in [4.69, 9.17) is 0 Å². The van der Waals surface area contributed by atoms with Crippen molar-refractivity contribution in [3.05, 3.63) is 29.3 Å². The van der Waals surface area contributed by atoms with E-state index in [9.17, 15) is 0 Å². The molecule has 0 saturated heterocycles. The van der Waals surface area contributed by atoms with Gasteiger partial charge in [-0.05, 0) is 31.4 Å². The third kappa shape index (κ3) is 1.88. The SMILES string of the molecule is CCCN1CC(CC)c2cc(C)ccc21. The Morgan fingerprint density at radius 1 is 1.33 bits per heavy atom. The van der Waals surface area contributed by atoms with Gasteiger partial charge >= 0.3 is 0 Å². The van der Waals surface area contributed by atoms with Crippen LogP contribution in [0.1, 0.15) is 43.7 Å². The molecule has 0 spiro atoms. The molecule has 0 bridgehead atoms. The number of rotatable bonds is 3. The lowest BCUT2D eigenvalue weighted by molar-refractivity contribution is 0.666. The predicted molar refractivity (Wildman–Crippen MR) is 66.7 cm³/mol. The van der Waals surface area contributed by atoms with Gasteiger partial charge in [-0.3, -0.25) is 0 Å². The van der Waals surface area contributed by atoms with Gasteiger partial charge in [0.15, 0.2) is 0 Å². The number of fused-ring (bicyclic) bond motifs is 1. The molecule has 1 atom stereocenters. The van der Waals surface area contributed by atoms with E-state index >= 15 is 0 Å². The molecule has 0 amide bonds. The molecule has 82 valence electrons. The molecule has 0 aliphatic carbocycles. The normalized spacial score (nSPS) is 19.4. The smallest absolute Gasteiger partial charge is 0.0402 e. The van der Waals surface area contributed by atoms with E-state index in [1.807, 2.05) is 0 Å². The summed E-state index contributed by atoms with van der Waals surface area (Å²) in [5, 5.41) is 0. The monoisotopic (exact) mass is 203 g/mol. The minimum absolute atomic E-state index is 0.756. The van der Waals surface area contributed by atoms with E-state index in [0.717, 1.165) is 5.92 Å². The summed E-state index contributed by atoms with van der Waals surface area (Å²) < 4.78 is 0. The van der Waals surface area contributed by atoms with Crippen molar-refractivity contribution in [1.82, 2.24) is 0 Å². The summed E-state index contributed by atoms with van der Waals surface area (Å²) in [6.07, 6.45) is 2.50. The first-order valence-corrected chi connectivity index (χ1v) is 6.11. The van der Waals surface area contributed by atoms with Crippen LogP contribution < -0.4 is 4.90 Å². The van der Waals surface area contributed by atoms with Crippen LogP contribution in [0.4, 0.5) is 5.69 Å². The van der Waals surface area contributed by atoms with E-state index in [-0.39, 0.29) is 0 Å². The van der Waals surface area contributed by atoms with E-state index in [1.54, 1.807) is 5.56 Å². The van der Waals surface area contributed by atoms with Crippen molar-refractivity contribution in [2.75, 3.05) is 18.0 Å². The first-order valence-electron chi connectivity index (χ1n) is 6.11. The average Bonchev–Trinajstić information content (AvgIpc) is 2.56. The third-order valence-corrected chi connectivity index (χ3v) is 3.39. The van der Waals surface area contributed by atoms with Crippen molar-refractivity contribution in [3.63, 3.8) is 0 Å². The summed E-state index contributed by atoms with van der Waals surface area (Å²) >= 11 is 0. The molecule has 1 heteroatoms. The molecule has 0 N–H and O–H groups in total. The third-order valence-electron chi connectivity index (χ3n) is 3.39. The van der Waals surface area contributed by atoms with Gasteiger partial charge < -0.3 is 4.90 Å². The first kappa shape index (κ1) is 10.5. The first-order chi connectivity index (χ1) is 7.26. The van der Waals surface area contributed by atoms with Gasteiger partial charge in [0.25, 0.3) is 0 Å². The summed E-state index contributed by atoms with van der Waals surface area (Å²) in [6, 6.07) is 6.91. The summed E-state index contributed by atoms with van der Waals surface area (Å²) in [5.74, 6) is 0.756. The van der Waals surface area contributed by atoms with Crippen LogP contribution in [-0.4, -0.2) is 13.1 Å². The maximum absolute atomic E-state index is 2.54. The summed E-state index contributed by atoms with van der Waals surface area (Å²) in [4.78, 5) is 2.54. The minimum atomic E-state index is 0.756. The Bertz CT molecular complexity index is 343. The van der Waals surface area contributed by atoms with Gasteiger partial charge in [0.05, 0.1) is 0 Å². The lowest BCUT2D eigenvalue weighted by Gasteiger charge is -2.18.